The summed E-state index contributed by atoms with van der Waals surface area (Å²) in [6.45, 7) is 6.38. The Morgan fingerprint density at radius 1 is 1.28 bits per heavy atom. The van der Waals surface area contributed by atoms with Gasteiger partial charge in [-0.25, -0.2) is 9.59 Å². The van der Waals surface area contributed by atoms with E-state index in [1.165, 1.54) is 4.90 Å². The van der Waals surface area contributed by atoms with Crippen molar-refractivity contribution in [3.8, 4) is 0 Å². The molecule has 8 heteroatoms. The molecule has 1 heterocycles. The van der Waals surface area contributed by atoms with Crippen molar-refractivity contribution >= 4 is 18.0 Å². The fourth-order valence-corrected chi connectivity index (χ4v) is 2.79. The lowest BCUT2D eigenvalue weighted by atomic mass is 10.1. The molecule has 1 rings (SSSR count). The van der Waals surface area contributed by atoms with Crippen LogP contribution in [0.5, 0.6) is 0 Å². The van der Waals surface area contributed by atoms with Crippen LogP contribution in [0.1, 0.15) is 59.3 Å². The number of aliphatic carboxylic acids is 1. The minimum absolute atomic E-state index is 0.281. The Labute approximate surface area is 149 Å². The second-order valence-electron chi connectivity index (χ2n) is 7.41. The van der Waals surface area contributed by atoms with E-state index < -0.39 is 29.7 Å². The van der Waals surface area contributed by atoms with Crippen LogP contribution in [0, 0.1) is 0 Å². The van der Waals surface area contributed by atoms with Crippen LogP contribution < -0.4 is 11.1 Å². The molecular formula is C17H31N3O5. The Kier molecular flexibility index (Phi) is 8.15. The van der Waals surface area contributed by atoms with Crippen LogP contribution in [-0.4, -0.2) is 58.8 Å². The molecular weight excluding hydrogens is 326 g/mol. The molecule has 2 atom stereocenters. The van der Waals surface area contributed by atoms with Crippen LogP contribution in [0.15, 0.2) is 0 Å². The molecule has 1 aliphatic rings. The minimum Gasteiger partial charge on any atom is -0.480 e. The number of hydrogen-bond donors (Lipinski definition) is 3. The monoisotopic (exact) mass is 357 g/mol. The van der Waals surface area contributed by atoms with Crippen LogP contribution >= 0.6 is 0 Å². The van der Waals surface area contributed by atoms with Crippen LogP contribution in [0.3, 0.4) is 0 Å². The highest BCUT2D eigenvalue weighted by Crippen LogP contribution is 2.19. The van der Waals surface area contributed by atoms with Gasteiger partial charge in [-0.15, -0.1) is 0 Å². The number of nitrogens with two attached hydrogens (primary N) is 1. The largest absolute Gasteiger partial charge is 0.480 e. The molecule has 0 aromatic rings. The Morgan fingerprint density at radius 2 is 1.96 bits per heavy atom. The van der Waals surface area contributed by atoms with Gasteiger partial charge in [-0.05, 0) is 46.5 Å². The number of nitrogens with one attached hydrogen (secondary N) is 1. The summed E-state index contributed by atoms with van der Waals surface area (Å²) in [5, 5.41) is 11.8. The molecule has 0 saturated carbocycles. The highest BCUT2D eigenvalue weighted by Gasteiger charge is 2.35. The van der Waals surface area contributed by atoms with Gasteiger partial charge in [0.05, 0.1) is 6.04 Å². The molecule has 1 saturated heterocycles. The van der Waals surface area contributed by atoms with Gasteiger partial charge in [0.1, 0.15) is 11.6 Å². The maximum absolute atomic E-state index is 12.3. The first-order valence-electron chi connectivity index (χ1n) is 8.87. The number of likely N-dealkylation sites (tertiary alicyclic amines) is 1. The van der Waals surface area contributed by atoms with E-state index in [2.05, 4.69) is 5.32 Å². The third-order valence-corrected chi connectivity index (χ3v) is 4.00. The lowest BCUT2D eigenvalue weighted by Gasteiger charge is -2.24. The zero-order valence-electron chi connectivity index (χ0n) is 15.4. The van der Waals surface area contributed by atoms with Crippen molar-refractivity contribution in [1.29, 1.82) is 0 Å². The van der Waals surface area contributed by atoms with Gasteiger partial charge in [-0.2, -0.15) is 0 Å². The van der Waals surface area contributed by atoms with Crippen LogP contribution in [0.4, 0.5) is 4.79 Å². The molecule has 0 radical (unpaired) electrons. The Morgan fingerprint density at radius 3 is 2.56 bits per heavy atom. The molecule has 25 heavy (non-hydrogen) atoms. The quantitative estimate of drug-likeness (QED) is 0.566. The molecule has 0 spiro atoms. The number of carbonyl (C=O) groups excluding carboxylic acids is 2. The fourth-order valence-electron chi connectivity index (χ4n) is 2.79. The summed E-state index contributed by atoms with van der Waals surface area (Å²) in [6, 6.07) is -1.41. The minimum atomic E-state index is -0.966. The maximum Gasteiger partial charge on any atom is 0.407 e. The highest BCUT2D eigenvalue weighted by atomic mass is 16.6. The van der Waals surface area contributed by atoms with Crippen molar-refractivity contribution in [3.63, 3.8) is 0 Å². The first kappa shape index (κ1) is 21.2. The van der Waals surface area contributed by atoms with Crippen molar-refractivity contribution in [2.24, 2.45) is 5.73 Å². The van der Waals surface area contributed by atoms with E-state index in [9.17, 15) is 14.4 Å². The predicted molar refractivity (Wildman–Crippen MR) is 93.1 cm³/mol. The number of rotatable bonds is 8. The number of amides is 2. The van der Waals surface area contributed by atoms with Gasteiger partial charge in [0.25, 0.3) is 0 Å². The molecule has 1 aliphatic heterocycles. The lowest BCUT2D eigenvalue weighted by Crippen LogP contribution is -2.48. The third kappa shape index (κ3) is 7.72. The van der Waals surface area contributed by atoms with Crippen molar-refractivity contribution in [2.45, 2.75) is 77.0 Å². The van der Waals surface area contributed by atoms with Gasteiger partial charge in [0.15, 0.2) is 0 Å². The van der Waals surface area contributed by atoms with Gasteiger partial charge in [0, 0.05) is 13.1 Å². The Bertz CT molecular complexity index is 475. The number of nitrogens with zero attached hydrogens (tertiary/aromatic N) is 1. The average Bonchev–Trinajstić information content (AvgIpc) is 2.97. The number of carboxylic acid groups (broad SMARTS) is 1. The van der Waals surface area contributed by atoms with Gasteiger partial charge in [0.2, 0.25) is 5.91 Å². The van der Waals surface area contributed by atoms with E-state index in [0.717, 1.165) is 19.3 Å². The molecule has 0 aromatic heterocycles. The lowest BCUT2D eigenvalue weighted by molar-refractivity contribution is -0.148. The fraction of sp³-hybridized carbons (Fsp3) is 0.824. The summed E-state index contributed by atoms with van der Waals surface area (Å²) in [5.41, 5.74) is 5.40. The molecule has 8 nitrogen and oxygen atoms in total. The van der Waals surface area contributed by atoms with E-state index in [1.807, 2.05) is 0 Å². The molecule has 1 fully saturated rings. The summed E-state index contributed by atoms with van der Waals surface area (Å²) < 4.78 is 5.13. The molecule has 0 aliphatic carbocycles. The molecule has 144 valence electrons. The van der Waals surface area contributed by atoms with E-state index in [4.69, 9.17) is 15.6 Å². The van der Waals surface area contributed by atoms with Gasteiger partial charge < -0.3 is 25.8 Å². The van der Waals surface area contributed by atoms with E-state index in [1.54, 1.807) is 20.8 Å². The van der Waals surface area contributed by atoms with Gasteiger partial charge >= 0.3 is 12.1 Å². The normalized spacial score (nSPS) is 18.7. The van der Waals surface area contributed by atoms with Crippen molar-refractivity contribution in [3.05, 3.63) is 0 Å². The van der Waals surface area contributed by atoms with Crippen molar-refractivity contribution in [2.75, 3.05) is 13.1 Å². The number of carboxylic acids is 1. The van der Waals surface area contributed by atoms with Gasteiger partial charge in [-0.1, -0.05) is 12.8 Å². The van der Waals surface area contributed by atoms with Crippen LogP contribution in [-0.2, 0) is 14.3 Å². The zero-order chi connectivity index (χ0) is 19.0. The summed E-state index contributed by atoms with van der Waals surface area (Å²) in [5.74, 6) is -1.25. The highest BCUT2D eigenvalue weighted by molar-refractivity contribution is 5.87. The molecule has 2 unspecified atom stereocenters. The Hall–Kier alpha value is -1.83. The van der Waals surface area contributed by atoms with Gasteiger partial charge in [-0.3, -0.25) is 4.79 Å². The molecule has 0 aromatic carbocycles. The van der Waals surface area contributed by atoms with E-state index in [0.29, 0.717) is 32.4 Å². The SMILES string of the molecule is CC(C)(C)OC(=O)NCCCCCC(N)C(=O)N1CCCC1C(=O)O. The summed E-state index contributed by atoms with van der Waals surface area (Å²) >= 11 is 0. The smallest absolute Gasteiger partial charge is 0.407 e. The predicted octanol–water partition coefficient (Wildman–Crippen LogP) is 1.47. The molecule has 0 bridgehead atoms. The second-order valence-corrected chi connectivity index (χ2v) is 7.41. The number of hydrogen-bond acceptors (Lipinski definition) is 5. The number of ether oxygens (including phenoxy) is 1. The standard InChI is InChI=1S/C17H31N3O5/c1-17(2,3)25-16(24)19-10-6-4-5-8-12(18)14(21)20-11-7-9-13(20)15(22)23/h12-13H,4-11,18H2,1-3H3,(H,19,24)(H,22,23). The summed E-state index contributed by atoms with van der Waals surface area (Å²) in [7, 11) is 0. The van der Waals surface area contributed by atoms with Crippen LogP contribution in [0.2, 0.25) is 0 Å². The summed E-state index contributed by atoms with van der Waals surface area (Å²) in [4.78, 5) is 36.3. The maximum atomic E-state index is 12.3. The zero-order valence-corrected chi connectivity index (χ0v) is 15.4. The first-order valence-corrected chi connectivity index (χ1v) is 8.87. The van der Waals surface area contributed by atoms with E-state index >= 15 is 0 Å². The van der Waals surface area contributed by atoms with Crippen molar-refractivity contribution < 1.29 is 24.2 Å². The summed E-state index contributed by atoms with van der Waals surface area (Å²) in [6.07, 6.45) is 3.59. The Balaban J connectivity index is 2.18. The first-order chi connectivity index (χ1) is 11.6. The average molecular weight is 357 g/mol. The number of carbonyl (C=O) groups is 3. The van der Waals surface area contributed by atoms with Crippen LogP contribution in [0.25, 0.3) is 0 Å². The molecule has 4 N–H and O–H groups in total. The van der Waals surface area contributed by atoms with E-state index in [-0.39, 0.29) is 5.91 Å². The molecule has 2 amide bonds. The number of alkyl carbamates (subject to hydrolysis) is 1. The second kappa shape index (κ2) is 9.60. The topological polar surface area (TPSA) is 122 Å². The number of unbranched alkanes of at least 4 members (excludes halogenated alkanes) is 2. The third-order valence-electron chi connectivity index (χ3n) is 4.00. The van der Waals surface area contributed by atoms with Crippen molar-refractivity contribution in [1.82, 2.24) is 10.2 Å².